The first-order valence-corrected chi connectivity index (χ1v) is 3.47. The molecule has 0 heterocycles. The van der Waals surface area contributed by atoms with Gasteiger partial charge in [-0.3, -0.25) is 0 Å². The normalized spacial score (nSPS) is 16.0. The van der Waals surface area contributed by atoms with Crippen LogP contribution in [0.2, 0.25) is 0 Å². The summed E-state index contributed by atoms with van der Waals surface area (Å²) in [5.41, 5.74) is 0. The molecule has 0 fully saturated rings. The van der Waals surface area contributed by atoms with Crippen molar-refractivity contribution in [1.82, 2.24) is 0 Å². The van der Waals surface area contributed by atoms with E-state index in [0.717, 1.165) is 0 Å². The summed E-state index contributed by atoms with van der Waals surface area (Å²) in [5.74, 6) is 0. The molecule has 0 aromatic heterocycles. The molecular formula is C10H19Pt-3. The first kappa shape index (κ1) is 17.5. The minimum Gasteiger partial charge on any atom is -0.358 e. The fourth-order valence-corrected chi connectivity index (χ4v) is 0.974. The van der Waals surface area contributed by atoms with Gasteiger partial charge in [-0.25, -0.2) is 0 Å². The van der Waals surface area contributed by atoms with Crippen LogP contribution < -0.4 is 0 Å². The predicted octanol–water partition coefficient (Wildman–Crippen LogP) is 3.61. The summed E-state index contributed by atoms with van der Waals surface area (Å²) >= 11 is 0. The quantitative estimate of drug-likeness (QED) is 0.469. The van der Waals surface area contributed by atoms with Gasteiger partial charge in [-0.15, -0.1) is 0 Å². The molecule has 1 heteroatoms. The van der Waals surface area contributed by atoms with Gasteiger partial charge in [0.1, 0.15) is 0 Å². The molecule has 0 saturated carbocycles. The minimum absolute atomic E-state index is 0. The van der Waals surface area contributed by atoms with Crippen LogP contribution in [0.3, 0.4) is 0 Å². The molecule has 0 nitrogen and oxygen atoms in total. The maximum absolute atomic E-state index is 2.39. The molecule has 0 bridgehead atoms. The Morgan fingerprint density at radius 2 is 1.55 bits per heavy atom. The molecule has 0 spiro atoms. The Labute approximate surface area is 86.7 Å². The molecule has 0 aromatic carbocycles. The van der Waals surface area contributed by atoms with Crippen molar-refractivity contribution >= 4 is 0 Å². The smallest absolute Gasteiger partial charge is 0 e. The molecule has 0 radical (unpaired) electrons. The SMILES string of the molecule is C1=CCCC[CH-]CC1.[CH3-].[CH3-].[Pt]. The molecule has 1 aliphatic rings. The monoisotopic (exact) mass is 334 g/mol. The molecule has 0 amide bonds. The second-order valence-electron chi connectivity index (χ2n) is 2.27. The van der Waals surface area contributed by atoms with Crippen LogP contribution in [-0.2, 0) is 21.1 Å². The van der Waals surface area contributed by atoms with E-state index in [9.17, 15) is 0 Å². The van der Waals surface area contributed by atoms with Crippen LogP contribution in [0.1, 0.15) is 32.1 Å². The fourth-order valence-electron chi connectivity index (χ4n) is 0.974. The Morgan fingerprint density at radius 3 is 2.27 bits per heavy atom. The molecule has 11 heavy (non-hydrogen) atoms. The Balaban J connectivity index is -0.000000213. The molecule has 0 atom stereocenters. The summed E-state index contributed by atoms with van der Waals surface area (Å²) in [6.07, 6.45) is 13.5. The van der Waals surface area contributed by atoms with Crippen molar-refractivity contribution < 1.29 is 21.1 Å². The van der Waals surface area contributed by atoms with E-state index in [-0.39, 0.29) is 35.9 Å². The summed E-state index contributed by atoms with van der Waals surface area (Å²) in [7, 11) is 0. The molecule has 0 unspecified atom stereocenters. The van der Waals surface area contributed by atoms with Gasteiger partial charge in [-0.1, -0.05) is 25.0 Å². The summed E-state index contributed by atoms with van der Waals surface area (Å²) in [5, 5.41) is 0. The zero-order valence-electron chi connectivity index (χ0n) is 7.58. The number of hydrogen-bond acceptors (Lipinski definition) is 0. The topological polar surface area (TPSA) is 0 Å². The second-order valence-corrected chi connectivity index (χ2v) is 2.27. The van der Waals surface area contributed by atoms with Crippen molar-refractivity contribution in [2.24, 2.45) is 0 Å². The summed E-state index contributed by atoms with van der Waals surface area (Å²) < 4.78 is 0. The summed E-state index contributed by atoms with van der Waals surface area (Å²) in [4.78, 5) is 0. The predicted molar refractivity (Wildman–Crippen MR) is 49.4 cm³/mol. The van der Waals surface area contributed by atoms with Crippen LogP contribution in [-0.4, -0.2) is 0 Å². The van der Waals surface area contributed by atoms with E-state index in [1.165, 1.54) is 32.1 Å². The van der Waals surface area contributed by atoms with Crippen molar-refractivity contribution in [3.8, 4) is 0 Å². The molecule has 72 valence electrons. The minimum atomic E-state index is 0. The zero-order chi connectivity index (χ0) is 5.66. The van der Waals surface area contributed by atoms with Crippen molar-refractivity contribution in [2.75, 3.05) is 0 Å². The van der Waals surface area contributed by atoms with Gasteiger partial charge in [-0.05, 0) is 6.42 Å². The largest absolute Gasteiger partial charge is 0.358 e. The summed E-state index contributed by atoms with van der Waals surface area (Å²) in [6.45, 7) is 0. The van der Waals surface area contributed by atoms with Crippen molar-refractivity contribution in [1.29, 1.82) is 0 Å². The van der Waals surface area contributed by atoms with Crippen LogP contribution in [0.25, 0.3) is 0 Å². The summed E-state index contributed by atoms with van der Waals surface area (Å²) in [6, 6.07) is 0. The van der Waals surface area contributed by atoms with Gasteiger partial charge in [0.2, 0.25) is 0 Å². The Hall–Kier alpha value is 0.428. The molecule has 0 aromatic rings. The van der Waals surface area contributed by atoms with E-state index in [1.54, 1.807) is 0 Å². The molecule has 0 N–H and O–H groups in total. The first-order chi connectivity index (χ1) is 4.00. The molecule has 0 saturated heterocycles. The zero-order valence-corrected chi connectivity index (χ0v) is 9.86. The van der Waals surface area contributed by atoms with Gasteiger partial charge in [0.25, 0.3) is 0 Å². The van der Waals surface area contributed by atoms with Gasteiger partial charge in [0, 0.05) is 21.1 Å². The number of hydrogen-bond donors (Lipinski definition) is 0. The number of allylic oxidation sites excluding steroid dienone is 2. The van der Waals surface area contributed by atoms with Gasteiger partial charge in [0.15, 0.2) is 0 Å². The first-order valence-electron chi connectivity index (χ1n) is 3.47. The van der Waals surface area contributed by atoms with Crippen LogP contribution in [0, 0.1) is 21.3 Å². The third-order valence-electron chi connectivity index (χ3n) is 1.48. The van der Waals surface area contributed by atoms with Crippen LogP contribution in [0.15, 0.2) is 12.2 Å². The van der Waals surface area contributed by atoms with Gasteiger partial charge < -0.3 is 21.3 Å². The van der Waals surface area contributed by atoms with E-state index < -0.39 is 0 Å². The van der Waals surface area contributed by atoms with Crippen molar-refractivity contribution in [3.05, 3.63) is 33.4 Å². The van der Waals surface area contributed by atoms with E-state index >= 15 is 0 Å². The molecule has 1 rings (SSSR count). The standard InChI is InChI=1S/C8H13.2CH3.Pt/c1-2-4-6-8-7-5-3-1;;;/h1-2,7H,3-6,8H2;2*1H3;/q3*-1;. The average Bonchev–Trinajstić information content (AvgIpc) is 1.62. The molecule has 1 aliphatic carbocycles. The second kappa shape index (κ2) is 13.0. The maximum Gasteiger partial charge on any atom is 0 e. The van der Waals surface area contributed by atoms with Crippen molar-refractivity contribution in [3.63, 3.8) is 0 Å². The Kier molecular flexibility index (Phi) is 20.8. The maximum atomic E-state index is 2.39. The third kappa shape index (κ3) is 10.4. The van der Waals surface area contributed by atoms with E-state index in [2.05, 4.69) is 18.6 Å². The number of rotatable bonds is 0. The van der Waals surface area contributed by atoms with E-state index in [0.29, 0.717) is 0 Å². The van der Waals surface area contributed by atoms with Gasteiger partial charge >= 0.3 is 0 Å². The van der Waals surface area contributed by atoms with Crippen LogP contribution in [0.5, 0.6) is 0 Å². The van der Waals surface area contributed by atoms with Gasteiger partial charge in [0.05, 0.1) is 0 Å². The fraction of sp³-hybridized carbons (Fsp3) is 0.500. The molecule has 0 aliphatic heterocycles. The van der Waals surface area contributed by atoms with Crippen LogP contribution >= 0.6 is 0 Å². The third-order valence-corrected chi connectivity index (χ3v) is 1.48. The van der Waals surface area contributed by atoms with Gasteiger partial charge in [-0.2, -0.15) is 12.8 Å². The van der Waals surface area contributed by atoms with E-state index in [1.807, 2.05) is 0 Å². The van der Waals surface area contributed by atoms with E-state index in [4.69, 9.17) is 0 Å². The average molecular weight is 334 g/mol. The Bertz CT molecular complexity index is 66.9. The van der Waals surface area contributed by atoms with Crippen molar-refractivity contribution in [2.45, 2.75) is 32.1 Å². The van der Waals surface area contributed by atoms with Crippen LogP contribution in [0.4, 0.5) is 0 Å². The molecular weight excluding hydrogens is 315 g/mol. The Morgan fingerprint density at radius 1 is 0.909 bits per heavy atom.